The first-order valence-corrected chi connectivity index (χ1v) is 9.49. The van der Waals surface area contributed by atoms with Crippen molar-refractivity contribution < 1.29 is 28.5 Å². The molecule has 0 bridgehead atoms. The van der Waals surface area contributed by atoms with E-state index in [1.165, 1.54) is 0 Å². The number of carbonyl (C=O) groups excluding carboxylic acids is 1. The Bertz CT molecular complexity index is 993. The Morgan fingerprint density at radius 2 is 1.23 bits per heavy atom. The van der Waals surface area contributed by atoms with Crippen molar-refractivity contribution in [1.29, 1.82) is 0 Å². The predicted molar refractivity (Wildman–Crippen MR) is 113 cm³/mol. The van der Waals surface area contributed by atoms with E-state index >= 15 is 0 Å². The van der Waals surface area contributed by atoms with Crippen LogP contribution in [0.4, 0.5) is 0 Å². The summed E-state index contributed by atoms with van der Waals surface area (Å²) in [5.41, 5.74) is 1.04. The number of esters is 1. The third-order valence-corrected chi connectivity index (χ3v) is 4.33. The summed E-state index contributed by atoms with van der Waals surface area (Å²) in [4.78, 5) is 12.5. The van der Waals surface area contributed by atoms with Crippen LogP contribution in [0.2, 0.25) is 0 Å². The second-order valence-electron chi connectivity index (χ2n) is 6.39. The number of ether oxygens (including phenoxy) is 5. The third kappa shape index (κ3) is 5.03. The van der Waals surface area contributed by atoms with E-state index in [0.717, 1.165) is 5.75 Å². The van der Waals surface area contributed by atoms with Crippen LogP contribution < -0.4 is 18.9 Å². The van der Waals surface area contributed by atoms with E-state index in [-0.39, 0.29) is 6.61 Å². The molecular weight excluding hydrogens is 384 g/mol. The SMILES string of the molecule is CCOC(=O)c1c(C)cc(Oc2ccc(OC)cc2)cc1Oc1ccc(OC)cc1. The second kappa shape index (κ2) is 9.69. The molecule has 30 heavy (non-hydrogen) atoms. The molecule has 0 heterocycles. The molecule has 0 saturated heterocycles. The molecular formula is C24H24O6. The monoisotopic (exact) mass is 408 g/mol. The van der Waals surface area contributed by atoms with Crippen molar-refractivity contribution in [3.8, 4) is 34.5 Å². The number of carbonyl (C=O) groups is 1. The van der Waals surface area contributed by atoms with Gasteiger partial charge >= 0.3 is 5.97 Å². The van der Waals surface area contributed by atoms with Gasteiger partial charge in [0, 0.05) is 6.07 Å². The molecule has 0 fully saturated rings. The summed E-state index contributed by atoms with van der Waals surface area (Å²) in [7, 11) is 3.20. The Morgan fingerprint density at radius 1 is 0.733 bits per heavy atom. The molecule has 3 aromatic carbocycles. The van der Waals surface area contributed by atoms with Crippen molar-refractivity contribution in [2.45, 2.75) is 13.8 Å². The van der Waals surface area contributed by atoms with Gasteiger partial charge in [-0.1, -0.05) is 0 Å². The molecule has 0 saturated carbocycles. The van der Waals surface area contributed by atoms with E-state index in [0.29, 0.717) is 39.9 Å². The van der Waals surface area contributed by atoms with Gasteiger partial charge in [0.2, 0.25) is 0 Å². The molecule has 0 amide bonds. The maximum Gasteiger partial charge on any atom is 0.342 e. The zero-order valence-electron chi connectivity index (χ0n) is 17.4. The van der Waals surface area contributed by atoms with Gasteiger partial charge in [0.1, 0.15) is 40.1 Å². The number of hydrogen-bond donors (Lipinski definition) is 0. The van der Waals surface area contributed by atoms with Crippen LogP contribution in [0.1, 0.15) is 22.8 Å². The van der Waals surface area contributed by atoms with Gasteiger partial charge < -0.3 is 23.7 Å². The van der Waals surface area contributed by atoms with Crippen LogP contribution >= 0.6 is 0 Å². The van der Waals surface area contributed by atoms with Gasteiger partial charge in [-0.05, 0) is 74.0 Å². The van der Waals surface area contributed by atoms with Gasteiger partial charge in [0.25, 0.3) is 0 Å². The van der Waals surface area contributed by atoms with Gasteiger partial charge in [-0.15, -0.1) is 0 Å². The van der Waals surface area contributed by atoms with Crippen molar-refractivity contribution in [3.05, 3.63) is 71.8 Å². The summed E-state index contributed by atoms with van der Waals surface area (Å²) in [6, 6.07) is 17.8. The third-order valence-electron chi connectivity index (χ3n) is 4.33. The Hall–Kier alpha value is -3.67. The molecule has 3 rings (SSSR count). The topological polar surface area (TPSA) is 63.2 Å². The van der Waals surface area contributed by atoms with Crippen molar-refractivity contribution in [2.75, 3.05) is 20.8 Å². The summed E-state index contributed by atoms with van der Waals surface area (Å²) < 4.78 is 27.5. The average Bonchev–Trinajstić information content (AvgIpc) is 2.75. The summed E-state index contributed by atoms with van der Waals surface area (Å²) in [5.74, 6) is 3.07. The minimum absolute atomic E-state index is 0.268. The zero-order chi connectivity index (χ0) is 21.5. The molecule has 6 heteroatoms. The molecule has 0 aromatic heterocycles. The number of aryl methyl sites for hydroxylation is 1. The Morgan fingerprint density at radius 3 is 1.73 bits per heavy atom. The molecule has 0 aliphatic heterocycles. The van der Waals surface area contributed by atoms with Gasteiger partial charge in [-0.2, -0.15) is 0 Å². The summed E-state index contributed by atoms with van der Waals surface area (Å²) in [6.07, 6.45) is 0. The zero-order valence-corrected chi connectivity index (χ0v) is 17.4. The van der Waals surface area contributed by atoms with E-state index in [1.54, 1.807) is 69.7 Å². The van der Waals surface area contributed by atoms with Crippen LogP contribution in [0.15, 0.2) is 60.7 Å². The molecule has 0 unspecified atom stereocenters. The summed E-state index contributed by atoms with van der Waals surface area (Å²) in [5, 5.41) is 0. The fourth-order valence-corrected chi connectivity index (χ4v) is 2.88. The van der Waals surface area contributed by atoms with E-state index in [1.807, 2.05) is 19.1 Å². The number of methoxy groups -OCH3 is 2. The van der Waals surface area contributed by atoms with Crippen molar-refractivity contribution in [2.24, 2.45) is 0 Å². The van der Waals surface area contributed by atoms with Crippen molar-refractivity contribution >= 4 is 5.97 Å². The first-order chi connectivity index (χ1) is 14.5. The van der Waals surface area contributed by atoms with Crippen LogP contribution in [0.25, 0.3) is 0 Å². The van der Waals surface area contributed by atoms with E-state index in [2.05, 4.69) is 0 Å². The number of benzene rings is 3. The predicted octanol–water partition coefficient (Wildman–Crippen LogP) is 5.77. The van der Waals surface area contributed by atoms with Crippen LogP contribution in [0.3, 0.4) is 0 Å². The van der Waals surface area contributed by atoms with Gasteiger partial charge in [-0.25, -0.2) is 4.79 Å². The highest BCUT2D eigenvalue weighted by atomic mass is 16.5. The van der Waals surface area contributed by atoms with Crippen LogP contribution in [0, 0.1) is 6.92 Å². The van der Waals surface area contributed by atoms with Gasteiger partial charge in [-0.3, -0.25) is 0 Å². The van der Waals surface area contributed by atoms with Crippen molar-refractivity contribution in [1.82, 2.24) is 0 Å². The van der Waals surface area contributed by atoms with Crippen LogP contribution in [-0.2, 0) is 4.74 Å². The van der Waals surface area contributed by atoms with E-state index in [9.17, 15) is 4.79 Å². The quantitative estimate of drug-likeness (QED) is 0.441. The van der Waals surface area contributed by atoms with Crippen LogP contribution in [0.5, 0.6) is 34.5 Å². The minimum Gasteiger partial charge on any atom is -0.497 e. The first kappa shape index (κ1) is 21.0. The average molecular weight is 408 g/mol. The lowest BCUT2D eigenvalue weighted by atomic mass is 10.1. The number of hydrogen-bond acceptors (Lipinski definition) is 6. The number of rotatable bonds is 8. The molecule has 0 aliphatic rings. The molecule has 0 atom stereocenters. The maximum absolute atomic E-state index is 12.5. The summed E-state index contributed by atoms with van der Waals surface area (Å²) >= 11 is 0. The molecule has 6 nitrogen and oxygen atoms in total. The highest BCUT2D eigenvalue weighted by Gasteiger charge is 2.20. The Labute approximate surface area is 175 Å². The lowest BCUT2D eigenvalue weighted by Gasteiger charge is -2.16. The molecule has 156 valence electrons. The molecule has 0 radical (unpaired) electrons. The maximum atomic E-state index is 12.5. The largest absolute Gasteiger partial charge is 0.497 e. The lowest BCUT2D eigenvalue weighted by Crippen LogP contribution is -2.09. The highest BCUT2D eigenvalue weighted by Crippen LogP contribution is 2.35. The van der Waals surface area contributed by atoms with Gasteiger partial charge in [0.15, 0.2) is 0 Å². The minimum atomic E-state index is -0.450. The second-order valence-corrected chi connectivity index (χ2v) is 6.39. The molecule has 3 aromatic rings. The van der Waals surface area contributed by atoms with Gasteiger partial charge in [0.05, 0.1) is 20.8 Å². The molecule has 0 aliphatic carbocycles. The fourth-order valence-electron chi connectivity index (χ4n) is 2.88. The fraction of sp³-hybridized carbons (Fsp3) is 0.208. The van der Waals surface area contributed by atoms with Crippen molar-refractivity contribution in [3.63, 3.8) is 0 Å². The standard InChI is InChI=1S/C24H24O6/c1-5-28-24(25)23-16(2)14-21(29-19-10-6-17(26-3)7-11-19)15-22(23)30-20-12-8-18(27-4)9-13-20/h6-15H,5H2,1-4H3. The highest BCUT2D eigenvalue weighted by molar-refractivity contribution is 5.94. The first-order valence-electron chi connectivity index (χ1n) is 9.49. The Balaban J connectivity index is 1.95. The smallest absolute Gasteiger partial charge is 0.342 e. The Kier molecular flexibility index (Phi) is 6.80. The molecule has 0 N–H and O–H groups in total. The van der Waals surface area contributed by atoms with Crippen LogP contribution in [-0.4, -0.2) is 26.8 Å². The van der Waals surface area contributed by atoms with E-state index < -0.39 is 5.97 Å². The molecule has 0 spiro atoms. The normalized spacial score (nSPS) is 10.3. The van der Waals surface area contributed by atoms with E-state index in [4.69, 9.17) is 23.7 Å². The lowest BCUT2D eigenvalue weighted by molar-refractivity contribution is 0.0522. The summed E-state index contributed by atoms with van der Waals surface area (Å²) in [6.45, 7) is 3.84.